The molecule has 0 aromatic heterocycles. The van der Waals surface area contributed by atoms with Gasteiger partial charge in [0.15, 0.2) is 0 Å². The molecule has 0 bridgehead atoms. The first-order valence-electron chi connectivity index (χ1n) is 9.81. The van der Waals surface area contributed by atoms with E-state index in [2.05, 4.69) is 17.4 Å². The van der Waals surface area contributed by atoms with E-state index in [1.807, 2.05) is 44.2 Å². The predicted octanol–water partition coefficient (Wildman–Crippen LogP) is 5.48. The number of anilines is 1. The standard InChI is InChI=1S/C25H25NO3/c1-3-18(2)24(27)26-22-13-11-21(12-14-22)25(28)29-23-15-9-20(10-16-23)17-19-7-5-4-6-8-19/h4-16,18H,3,17H2,1-2H3,(H,26,27). The molecule has 4 nitrogen and oxygen atoms in total. The molecule has 1 amide bonds. The molecule has 0 spiro atoms. The Morgan fingerprint density at radius 1 is 0.862 bits per heavy atom. The SMILES string of the molecule is CCC(C)C(=O)Nc1ccc(C(=O)Oc2ccc(Cc3ccccc3)cc2)cc1. The fourth-order valence-electron chi connectivity index (χ4n) is 2.81. The van der Waals surface area contributed by atoms with Gasteiger partial charge in [-0.05, 0) is 60.4 Å². The third-order valence-electron chi connectivity index (χ3n) is 4.83. The summed E-state index contributed by atoms with van der Waals surface area (Å²) in [7, 11) is 0. The highest BCUT2D eigenvalue weighted by molar-refractivity contribution is 5.94. The molecule has 0 saturated heterocycles. The number of ether oxygens (including phenoxy) is 1. The highest BCUT2D eigenvalue weighted by Gasteiger charge is 2.12. The number of hydrogen-bond acceptors (Lipinski definition) is 3. The highest BCUT2D eigenvalue weighted by Crippen LogP contribution is 2.18. The van der Waals surface area contributed by atoms with Crippen molar-refractivity contribution in [2.24, 2.45) is 5.92 Å². The molecule has 4 heteroatoms. The monoisotopic (exact) mass is 387 g/mol. The molecule has 0 aliphatic heterocycles. The molecule has 3 rings (SSSR count). The van der Waals surface area contributed by atoms with Crippen molar-refractivity contribution in [2.45, 2.75) is 26.7 Å². The van der Waals surface area contributed by atoms with E-state index in [9.17, 15) is 9.59 Å². The second kappa shape index (κ2) is 9.69. The maximum absolute atomic E-state index is 12.4. The zero-order valence-corrected chi connectivity index (χ0v) is 16.7. The molecular weight excluding hydrogens is 362 g/mol. The van der Waals surface area contributed by atoms with Crippen LogP contribution in [0, 0.1) is 5.92 Å². The molecule has 29 heavy (non-hydrogen) atoms. The van der Waals surface area contributed by atoms with E-state index >= 15 is 0 Å². The fraction of sp³-hybridized carbons (Fsp3) is 0.200. The summed E-state index contributed by atoms with van der Waals surface area (Å²) in [5.41, 5.74) is 3.48. The summed E-state index contributed by atoms with van der Waals surface area (Å²) in [6.07, 6.45) is 1.61. The van der Waals surface area contributed by atoms with Crippen LogP contribution in [0.15, 0.2) is 78.9 Å². The Kier molecular flexibility index (Phi) is 6.80. The van der Waals surface area contributed by atoms with Crippen molar-refractivity contribution < 1.29 is 14.3 Å². The molecule has 1 atom stereocenters. The highest BCUT2D eigenvalue weighted by atomic mass is 16.5. The normalized spacial score (nSPS) is 11.5. The first-order valence-corrected chi connectivity index (χ1v) is 9.81. The number of carbonyl (C=O) groups is 2. The van der Waals surface area contributed by atoms with Crippen molar-refractivity contribution in [1.29, 1.82) is 0 Å². The van der Waals surface area contributed by atoms with E-state index in [1.54, 1.807) is 36.4 Å². The van der Waals surface area contributed by atoms with Crippen LogP contribution >= 0.6 is 0 Å². The molecule has 0 fully saturated rings. The van der Waals surface area contributed by atoms with Gasteiger partial charge in [0.05, 0.1) is 5.56 Å². The second-order valence-electron chi connectivity index (χ2n) is 7.07. The Morgan fingerprint density at radius 3 is 2.10 bits per heavy atom. The van der Waals surface area contributed by atoms with Gasteiger partial charge in [0, 0.05) is 11.6 Å². The van der Waals surface area contributed by atoms with Crippen LogP contribution in [0.25, 0.3) is 0 Å². The number of hydrogen-bond donors (Lipinski definition) is 1. The van der Waals surface area contributed by atoms with Gasteiger partial charge in [-0.1, -0.05) is 56.3 Å². The minimum atomic E-state index is -0.430. The number of carbonyl (C=O) groups excluding carboxylic acids is 2. The average Bonchev–Trinajstić information content (AvgIpc) is 2.75. The quantitative estimate of drug-likeness (QED) is 0.431. The van der Waals surface area contributed by atoms with Gasteiger partial charge in [0.25, 0.3) is 0 Å². The van der Waals surface area contributed by atoms with Gasteiger partial charge in [-0.25, -0.2) is 4.79 Å². The smallest absolute Gasteiger partial charge is 0.343 e. The summed E-state index contributed by atoms with van der Waals surface area (Å²) < 4.78 is 5.46. The molecule has 0 heterocycles. The molecule has 0 aliphatic rings. The van der Waals surface area contributed by atoms with Crippen molar-refractivity contribution in [3.8, 4) is 5.75 Å². The second-order valence-corrected chi connectivity index (χ2v) is 7.07. The van der Waals surface area contributed by atoms with Crippen molar-refractivity contribution in [1.82, 2.24) is 0 Å². The molecule has 1 unspecified atom stereocenters. The van der Waals surface area contributed by atoms with Gasteiger partial charge >= 0.3 is 5.97 Å². The topological polar surface area (TPSA) is 55.4 Å². The minimum absolute atomic E-state index is 0.0292. The van der Waals surface area contributed by atoms with E-state index in [0.29, 0.717) is 17.0 Å². The lowest BCUT2D eigenvalue weighted by molar-refractivity contribution is -0.119. The Morgan fingerprint density at radius 2 is 1.48 bits per heavy atom. The third kappa shape index (κ3) is 5.79. The van der Waals surface area contributed by atoms with Crippen LogP contribution in [0.5, 0.6) is 5.75 Å². The van der Waals surface area contributed by atoms with E-state index < -0.39 is 5.97 Å². The van der Waals surface area contributed by atoms with Gasteiger partial charge in [-0.3, -0.25) is 4.79 Å². The maximum Gasteiger partial charge on any atom is 0.343 e. The average molecular weight is 387 g/mol. The summed E-state index contributed by atoms with van der Waals surface area (Å²) in [4.78, 5) is 24.3. The van der Waals surface area contributed by atoms with Gasteiger partial charge in [0.2, 0.25) is 5.91 Å². The van der Waals surface area contributed by atoms with Crippen LogP contribution in [0.3, 0.4) is 0 Å². The largest absolute Gasteiger partial charge is 0.423 e. The molecule has 1 N–H and O–H groups in total. The molecular formula is C25H25NO3. The Bertz CT molecular complexity index is 948. The van der Waals surface area contributed by atoms with Crippen LogP contribution in [0.2, 0.25) is 0 Å². The Labute approximate surface area is 171 Å². The van der Waals surface area contributed by atoms with Crippen LogP contribution in [0.1, 0.15) is 41.8 Å². The number of esters is 1. The van der Waals surface area contributed by atoms with Crippen molar-refractivity contribution in [2.75, 3.05) is 5.32 Å². The zero-order valence-electron chi connectivity index (χ0n) is 16.7. The molecule has 0 radical (unpaired) electrons. The fourth-order valence-corrected chi connectivity index (χ4v) is 2.81. The summed E-state index contributed by atoms with van der Waals surface area (Å²) in [5, 5.41) is 2.84. The van der Waals surface area contributed by atoms with E-state index in [1.165, 1.54) is 5.56 Å². The number of nitrogens with one attached hydrogen (secondary N) is 1. The maximum atomic E-state index is 12.4. The number of amides is 1. The van der Waals surface area contributed by atoms with Gasteiger partial charge in [-0.15, -0.1) is 0 Å². The van der Waals surface area contributed by atoms with Crippen molar-refractivity contribution in [3.05, 3.63) is 95.6 Å². The van der Waals surface area contributed by atoms with Gasteiger partial charge in [-0.2, -0.15) is 0 Å². The molecule has 0 aliphatic carbocycles. The Hall–Kier alpha value is -3.40. The van der Waals surface area contributed by atoms with Crippen LogP contribution in [-0.4, -0.2) is 11.9 Å². The third-order valence-corrected chi connectivity index (χ3v) is 4.83. The molecule has 148 valence electrons. The zero-order chi connectivity index (χ0) is 20.6. The van der Waals surface area contributed by atoms with Gasteiger partial charge in [0.1, 0.15) is 5.75 Å². The van der Waals surface area contributed by atoms with Crippen molar-refractivity contribution in [3.63, 3.8) is 0 Å². The molecule has 3 aromatic carbocycles. The lowest BCUT2D eigenvalue weighted by Crippen LogP contribution is -2.19. The lowest BCUT2D eigenvalue weighted by Gasteiger charge is -2.10. The first-order chi connectivity index (χ1) is 14.0. The Balaban J connectivity index is 1.57. The summed E-state index contributed by atoms with van der Waals surface area (Å²) >= 11 is 0. The number of benzene rings is 3. The van der Waals surface area contributed by atoms with E-state index in [-0.39, 0.29) is 11.8 Å². The summed E-state index contributed by atoms with van der Waals surface area (Å²) in [6, 6.07) is 24.5. The minimum Gasteiger partial charge on any atom is -0.423 e. The van der Waals surface area contributed by atoms with E-state index in [0.717, 1.165) is 18.4 Å². The number of rotatable bonds is 7. The summed E-state index contributed by atoms with van der Waals surface area (Å²) in [6.45, 7) is 3.85. The molecule has 3 aromatic rings. The first kappa shape index (κ1) is 20.3. The lowest BCUT2D eigenvalue weighted by atomic mass is 10.1. The summed E-state index contributed by atoms with van der Waals surface area (Å²) in [5.74, 6) is -0.00972. The van der Waals surface area contributed by atoms with Crippen LogP contribution < -0.4 is 10.1 Å². The van der Waals surface area contributed by atoms with Crippen molar-refractivity contribution >= 4 is 17.6 Å². The van der Waals surface area contributed by atoms with Gasteiger partial charge < -0.3 is 10.1 Å². The van der Waals surface area contributed by atoms with E-state index in [4.69, 9.17) is 4.74 Å². The van der Waals surface area contributed by atoms with Crippen LogP contribution in [-0.2, 0) is 11.2 Å². The molecule has 0 saturated carbocycles. The predicted molar refractivity (Wildman–Crippen MR) is 115 cm³/mol. The van der Waals surface area contributed by atoms with Crippen LogP contribution in [0.4, 0.5) is 5.69 Å².